The molecule has 8 heteroatoms. The number of rotatable bonds is 7. The molecule has 0 aliphatic heterocycles. The summed E-state index contributed by atoms with van der Waals surface area (Å²) in [5, 5.41) is 14.9. The number of hydrogen-bond acceptors (Lipinski definition) is 5. The Labute approximate surface area is 152 Å². The van der Waals surface area contributed by atoms with Crippen molar-refractivity contribution in [2.75, 3.05) is 13.2 Å². The van der Waals surface area contributed by atoms with E-state index >= 15 is 0 Å². The Morgan fingerprint density at radius 1 is 1.15 bits per heavy atom. The van der Waals surface area contributed by atoms with Crippen LogP contribution in [-0.4, -0.2) is 38.7 Å². The van der Waals surface area contributed by atoms with Gasteiger partial charge < -0.3 is 15.4 Å². The summed E-state index contributed by atoms with van der Waals surface area (Å²) in [5.74, 6) is 2.15. The number of aliphatic imine (C=N–C) groups is 1. The van der Waals surface area contributed by atoms with E-state index in [4.69, 9.17) is 4.74 Å². The third kappa shape index (κ3) is 4.27. The monoisotopic (exact) mass is 353 g/mol. The van der Waals surface area contributed by atoms with Gasteiger partial charge in [0, 0.05) is 24.5 Å². The fraction of sp³-hybridized carbons (Fsp3) is 0.333. The van der Waals surface area contributed by atoms with Crippen molar-refractivity contribution in [3.8, 4) is 5.88 Å². The van der Waals surface area contributed by atoms with Crippen LogP contribution >= 0.6 is 0 Å². The molecule has 0 saturated heterocycles. The van der Waals surface area contributed by atoms with Crippen molar-refractivity contribution >= 4 is 11.6 Å². The van der Waals surface area contributed by atoms with Gasteiger partial charge in [-0.2, -0.15) is 0 Å². The molecule has 2 N–H and O–H groups in total. The number of pyridine rings is 2. The summed E-state index contributed by atoms with van der Waals surface area (Å²) in [6, 6.07) is 9.67. The summed E-state index contributed by atoms with van der Waals surface area (Å²) in [7, 11) is 0. The second-order valence-electron chi connectivity index (χ2n) is 5.49. The van der Waals surface area contributed by atoms with Crippen molar-refractivity contribution in [2.24, 2.45) is 4.99 Å². The molecule has 0 fully saturated rings. The predicted molar refractivity (Wildman–Crippen MR) is 100 cm³/mol. The maximum atomic E-state index is 5.55. The van der Waals surface area contributed by atoms with E-state index in [1.165, 1.54) is 0 Å². The van der Waals surface area contributed by atoms with Crippen LogP contribution in [0.4, 0.5) is 0 Å². The summed E-state index contributed by atoms with van der Waals surface area (Å²) in [6.07, 6.45) is 3.67. The Balaban J connectivity index is 1.70. The maximum absolute atomic E-state index is 5.55. The molecular weight excluding hydrogens is 330 g/mol. The standard InChI is InChI=1S/C18H23N7O/c1-3-19-18(21-12-14-8-7-10-20-17(14)26-4-2)22-13-16-24-23-15-9-5-6-11-25(15)16/h5-11H,3-4,12-13H2,1-2H3,(H2,19,21,22). The molecule has 0 spiro atoms. The summed E-state index contributed by atoms with van der Waals surface area (Å²) in [4.78, 5) is 8.88. The summed E-state index contributed by atoms with van der Waals surface area (Å²) >= 11 is 0. The van der Waals surface area contributed by atoms with E-state index in [9.17, 15) is 0 Å². The Hall–Kier alpha value is -3.16. The predicted octanol–water partition coefficient (Wildman–Crippen LogP) is 1.78. The fourth-order valence-corrected chi connectivity index (χ4v) is 2.49. The van der Waals surface area contributed by atoms with Crippen LogP contribution in [0.5, 0.6) is 5.88 Å². The molecule has 0 saturated carbocycles. The third-order valence-corrected chi connectivity index (χ3v) is 3.68. The SMILES string of the molecule is CCNC(=NCc1cccnc1OCC)NCc1nnc2ccccn12. The number of guanidine groups is 1. The molecule has 3 rings (SSSR count). The van der Waals surface area contributed by atoms with Crippen LogP contribution in [-0.2, 0) is 13.1 Å². The van der Waals surface area contributed by atoms with Crippen LogP contribution in [0.3, 0.4) is 0 Å². The number of nitrogens with zero attached hydrogens (tertiary/aromatic N) is 5. The first kappa shape index (κ1) is 17.7. The van der Waals surface area contributed by atoms with Crippen LogP contribution in [0, 0.1) is 0 Å². The first-order chi connectivity index (χ1) is 12.8. The zero-order valence-corrected chi connectivity index (χ0v) is 15.0. The molecule has 136 valence electrons. The van der Waals surface area contributed by atoms with Gasteiger partial charge in [0.05, 0.1) is 19.7 Å². The lowest BCUT2D eigenvalue weighted by Gasteiger charge is -2.11. The quantitative estimate of drug-likeness (QED) is 0.497. The van der Waals surface area contributed by atoms with Gasteiger partial charge in [0.25, 0.3) is 0 Å². The number of nitrogens with one attached hydrogen (secondary N) is 2. The van der Waals surface area contributed by atoms with Crippen LogP contribution in [0.1, 0.15) is 25.2 Å². The lowest BCUT2D eigenvalue weighted by Crippen LogP contribution is -2.37. The van der Waals surface area contributed by atoms with Gasteiger partial charge in [-0.05, 0) is 32.0 Å². The van der Waals surface area contributed by atoms with Crippen molar-refractivity contribution < 1.29 is 4.74 Å². The number of fused-ring (bicyclic) bond motifs is 1. The molecule has 0 atom stereocenters. The highest BCUT2D eigenvalue weighted by Gasteiger charge is 2.07. The van der Waals surface area contributed by atoms with Crippen molar-refractivity contribution in [1.29, 1.82) is 0 Å². The molecule has 3 heterocycles. The first-order valence-electron chi connectivity index (χ1n) is 8.69. The van der Waals surface area contributed by atoms with E-state index in [2.05, 4.69) is 30.8 Å². The van der Waals surface area contributed by atoms with E-state index in [-0.39, 0.29) is 0 Å². The minimum Gasteiger partial charge on any atom is -0.478 e. The van der Waals surface area contributed by atoms with Crippen LogP contribution < -0.4 is 15.4 Å². The summed E-state index contributed by atoms with van der Waals surface area (Å²) < 4.78 is 7.50. The summed E-state index contributed by atoms with van der Waals surface area (Å²) in [5.41, 5.74) is 1.77. The molecule has 0 aliphatic carbocycles. The lowest BCUT2D eigenvalue weighted by atomic mass is 10.3. The zero-order chi connectivity index (χ0) is 18.2. The molecule has 0 aliphatic rings. The number of ether oxygens (including phenoxy) is 1. The highest BCUT2D eigenvalue weighted by molar-refractivity contribution is 5.79. The molecule has 8 nitrogen and oxygen atoms in total. The van der Waals surface area contributed by atoms with Gasteiger partial charge >= 0.3 is 0 Å². The minimum atomic E-state index is 0.471. The molecule has 0 unspecified atom stereocenters. The smallest absolute Gasteiger partial charge is 0.218 e. The minimum absolute atomic E-state index is 0.471. The van der Waals surface area contributed by atoms with E-state index in [1.807, 2.05) is 54.8 Å². The van der Waals surface area contributed by atoms with Crippen molar-refractivity contribution in [3.05, 3.63) is 54.1 Å². The highest BCUT2D eigenvalue weighted by atomic mass is 16.5. The van der Waals surface area contributed by atoms with Crippen LogP contribution in [0.2, 0.25) is 0 Å². The Morgan fingerprint density at radius 3 is 2.92 bits per heavy atom. The third-order valence-electron chi connectivity index (χ3n) is 3.68. The average Bonchev–Trinajstić information content (AvgIpc) is 3.08. The Kier molecular flexibility index (Phi) is 5.97. The number of aromatic nitrogens is 4. The van der Waals surface area contributed by atoms with Gasteiger partial charge in [-0.15, -0.1) is 10.2 Å². The van der Waals surface area contributed by atoms with Crippen molar-refractivity contribution in [1.82, 2.24) is 30.2 Å². The molecule has 3 aromatic heterocycles. The summed E-state index contributed by atoms with van der Waals surface area (Å²) in [6.45, 7) is 6.29. The largest absolute Gasteiger partial charge is 0.478 e. The Morgan fingerprint density at radius 2 is 2.08 bits per heavy atom. The average molecular weight is 353 g/mol. The molecule has 0 aromatic carbocycles. The highest BCUT2D eigenvalue weighted by Crippen LogP contribution is 2.15. The second kappa shape index (κ2) is 8.80. The van der Waals surface area contributed by atoms with Gasteiger partial charge in [-0.1, -0.05) is 12.1 Å². The second-order valence-corrected chi connectivity index (χ2v) is 5.49. The van der Waals surface area contributed by atoms with Crippen LogP contribution in [0.25, 0.3) is 5.65 Å². The normalized spacial score (nSPS) is 11.5. The molecule has 26 heavy (non-hydrogen) atoms. The van der Waals surface area contributed by atoms with Gasteiger partial charge in [-0.3, -0.25) is 4.40 Å². The fourth-order valence-electron chi connectivity index (χ4n) is 2.49. The van der Waals surface area contributed by atoms with Gasteiger partial charge in [-0.25, -0.2) is 9.98 Å². The van der Waals surface area contributed by atoms with Crippen LogP contribution in [0.15, 0.2) is 47.7 Å². The van der Waals surface area contributed by atoms with Gasteiger partial charge in [0.1, 0.15) is 0 Å². The molecule has 0 amide bonds. The van der Waals surface area contributed by atoms with Crippen molar-refractivity contribution in [3.63, 3.8) is 0 Å². The number of hydrogen-bond donors (Lipinski definition) is 2. The van der Waals surface area contributed by atoms with Gasteiger partial charge in [0.2, 0.25) is 5.88 Å². The maximum Gasteiger partial charge on any atom is 0.218 e. The Bertz CT molecular complexity index is 875. The van der Waals surface area contributed by atoms with Crippen molar-refractivity contribution in [2.45, 2.75) is 26.9 Å². The molecule has 3 aromatic rings. The molecule has 0 radical (unpaired) electrons. The molecular formula is C18H23N7O. The van der Waals surface area contributed by atoms with E-state index in [1.54, 1.807) is 6.20 Å². The van der Waals surface area contributed by atoms with Gasteiger partial charge in [0.15, 0.2) is 17.4 Å². The van der Waals surface area contributed by atoms with E-state index in [0.29, 0.717) is 31.5 Å². The lowest BCUT2D eigenvalue weighted by molar-refractivity contribution is 0.323. The van der Waals surface area contributed by atoms with E-state index < -0.39 is 0 Å². The zero-order valence-electron chi connectivity index (χ0n) is 15.0. The van der Waals surface area contributed by atoms with E-state index in [0.717, 1.165) is 23.6 Å². The first-order valence-corrected chi connectivity index (χ1v) is 8.69. The topological polar surface area (TPSA) is 88.7 Å². The molecule has 0 bridgehead atoms.